The minimum atomic E-state index is -3.61. The van der Waals surface area contributed by atoms with Gasteiger partial charge in [0.05, 0.1) is 24.1 Å². The molecule has 0 spiro atoms. The van der Waals surface area contributed by atoms with Crippen molar-refractivity contribution in [2.75, 3.05) is 45.2 Å². The van der Waals surface area contributed by atoms with E-state index in [1.807, 2.05) is 4.90 Å². The molecule has 1 aromatic carbocycles. The van der Waals surface area contributed by atoms with Crippen LogP contribution in [0.25, 0.3) is 0 Å². The van der Waals surface area contributed by atoms with Crippen LogP contribution in [0.15, 0.2) is 29.2 Å². The number of rotatable bonds is 6. The molecule has 184 valence electrons. The Morgan fingerprint density at radius 2 is 1.85 bits per heavy atom. The summed E-state index contributed by atoms with van der Waals surface area (Å²) in [5.74, 6) is -0.116. The normalized spacial score (nSPS) is 19.4. The van der Waals surface area contributed by atoms with Crippen LogP contribution in [0.2, 0.25) is 5.02 Å². The summed E-state index contributed by atoms with van der Waals surface area (Å²) in [7, 11) is -2.26. The standard InChI is InChI=1S/C23H28ClN3O5S2/c1-15-3-8-18-19(13-15)33-22(21(18)23(29)32-2)25-20(28)14-26-9-11-27(12-10-26)34(30,31)17-6-4-16(24)5-7-17/h4-7,15H,3,8-14H2,1-2H3,(H,25,28). The van der Waals surface area contributed by atoms with Gasteiger partial charge in [-0.15, -0.1) is 11.3 Å². The highest BCUT2D eigenvalue weighted by Gasteiger charge is 2.31. The van der Waals surface area contributed by atoms with Crippen molar-refractivity contribution in [2.45, 2.75) is 31.1 Å². The second kappa shape index (κ2) is 10.3. The lowest BCUT2D eigenvalue weighted by atomic mass is 9.88. The smallest absolute Gasteiger partial charge is 0.341 e. The van der Waals surface area contributed by atoms with Crippen molar-refractivity contribution in [1.82, 2.24) is 9.21 Å². The van der Waals surface area contributed by atoms with Gasteiger partial charge in [0.25, 0.3) is 0 Å². The van der Waals surface area contributed by atoms with Crippen LogP contribution in [0.5, 0.6) is 0 Å². The number of halogens is 1. The SMILES string of the molecule is COC(=O)c1c(NC(=O)CN2CCN(S(=O)(=O)c3ccc(Cl)cc3)CC2)sc2c1CCC(C)C2. The number of hydrogen-bond donors (Lipinski definition) is 1. The molecule has 0 bridgehead atoms. The quantitative estimate of drug-likeness (QED) is 0.582. The predicted octanol–water partition coefficient (Wildman–Crippen LogP) is 3.26. The number of nitrogens with zero attached hydrogens (tertiary/aromatic N) is 2. The maximum Gasteiger partial charge on any atom is 0.341 e. The molecular weight excluding hydrogens is 498 g/mol. The van der Waals surface area contributed by atoms with Crippen LogP contribution in [-0.4, -0.2) is 69.3 Å². The molecule has 1 unspecified atom stereocenters. The average Bonchev–Trinajstić information content (AvgIpc) is 3.15. The summed E-state index contributed by atoms with van der Waals surface area (Å²) in [4.78, 5) is 28.5. The number of fused-ring (bicyclic) bond motifs is 1. The third-order valence-corrected chi connectivity index (χ3v) is 9.64. The van der Waals surface area contributed by atoms with Gasteiger partial charge in [-0.2, -0.15) is 4.31 Å². The van der Waals surface area contributed by atoms with Gasteiger partial charge in [-0.25, -0.2) is 13.2 Å². The second-order valence-corrected chi connectivity index (χ2v) is 12.2. The largest absolute Gasteiger partial charge is 0.465 e. The number of nitrogens with one attached hydrogen (secondary N) is 1. The molecule has 0 saturated carbocycles. The molecule has 11 heteroatoms. The van der Waals surface area contributed by atoms with Gasteiger partial charge in [0.1, 0.15) is 5.00 Å². The van der Waals surface area contributed by atoms with Gasteiger partial charge in [-0.3, -0.25) is 9.69 Å². The maximum atomic E-state index is 12.9. The summed E-state index contributed by atoms with van der Waals surface area (Å²) in [6.45, 7) is 3.75. The fourth-order valence-electron chi connectivity index (χ4n) is 4.41. The molecule has 2 aromatic rings. The number of hydrogen-bond acceptors (Lipinski definition) is 7. The monoisotopic (exact) mass is 525 g/mol. The Balaban J connectivity index is 1.38. The lowest BCUT2D eigenvalue weighted by Crippen LogP contribution is -2.50. The van der Waals surface area contributed by atoms with E-state index in [2.05, 4.69) is 12.2 Å². The molecule has 1 amide bonds. The first-order chi connectivity index (χ1) is 16.2. The van der Waals surface area contributed by atoms with Crippen molar-refractivity contribution in [3.63, 3.8) is 0 Å². The molecular formula is C23H28ClN3O5S2. The van der Waals surface area contributed by atoms with Crippen molar-refractivity contribution in [2.24, 2.45) is 5.92 Å². The number of piperazine rings is 1. The van der Waals surface area contributed by atoms with E-state index >= 15 is 0 Å². The number of methoxy groups -OCH3 is 1. The van der Waals surface area contributed by atoms with E-state index in [0.29, 0.717) is 34.6 Å². The Morgan fingerprint density at radius 3 is 2.50 bits per heavy atom. The summed E-state index contributed by atoms with van der Waals surface area (Å²) in [5.41, 5.74) is 1.47. The zero-order chi connectivity index (χ0) is 24.5. The van der Waals surface area contributed by atoms with E-state index in [1.54, 1.807) is 12.1 Å². The van der Waals surface area contributed by atoms with E-state index < -0.39 is 16.0 Å². The van der Waals surface area contributed by atoms with Crippen molar-refractivity contribution in [1.29, 1.82) is 0 Å². The average molecular weight is 526 g/mol. The van der Waals surface area contributed by atoms with Crippen molar-refractivity contribution < 1.29 is 22.7 Å². The lowest BCUT2D eigenvalue weighted by Gasteiger charge is -2.33. The molecule has 2 aliphatic rings. The number of carbonyl (C=O) groups is 2. The zero-order valence-electron chi connectivity index (χ0n) is 19.2. The fraction of sp³-hybridized carbons (Fsp3) is 0.478. The van der Waals surface area contributed by atoms with E-state index in [9.17, 15) is 18.0 Å². The first-order valence-corrected chi connectivity index (χ1v) is 13.8. The molecule has 1 atom stereocenters. The third kappa shape index (κ3) is 5.31. The summed E-state index contributed by atoms with van der Waals surface area (Å²) in [6, 6.07) is 6.11. The molecule has 0 radical (unpaired) electrons. The van der Waals surface area contributed by atoms with Crippen LogP contribution < -0.4 is 5.32 Å². The Kier molecular flexibility index (Phi) is 7.63. The van der Waals surface area contributed by atoms with Gasteiger partial charge in [-0.1, -0.05) is 18.5 Å². The highest BCUT2D eigenvalue weighted by molar-refractivity contribution is 7.89. The van der Waals surface area contributed by atoms with Crippen LogP contribution in [0.3, 0.4) is 0 Å². The van der Waals surface area contributed by atoms with Gasteiger partial charge in [-0.05, 0) is 55.0 Å². The number of benzene rings is 1. The zero-order valence-corrected chi connectivity index (χ0v) is 21.6. The summed E-state index contributed by atoms with van der Waals surface area (Å²) in [6.07, 6.45) is 2.70. The molecule has 1 aliphatic carbocycles. The highest BCUT2D eigenvalue weighted by atomic mass is 35.5. The summed E-state index contributed by atoms with van der Waals surface area (Å²) in [5, 5.41) is 3.93. The Bertz CT molecular complexity index is 1170. The molecule has 1 aromatic heterocycles. The number of anilines is 1. The molecule has 1 saturated heterocycles. The minimum absolute atomic E-state index is 0.119. The van der Waals surface area contributed by atoms with Crippen LogP contribution in [0.1, 0.15) is 34.1 Å². The van der Waals surface area contributed by atoms with Crippen molar-refractivity contribution in [3.8, 4) is 0 Å². The Hall–Kier alpha value is -1.98. The summed E-state index contributed by atoms with van der Waals surface area (Å²) >= 11 is 7.32. The van der Waals surface area contributed by atoms with Crippen LogP contribution in [0, 0.1) is 5.92 Å². The molecule has 2 heterocycles. The molecule has 8 nitrogen and oxygen atoms in total. The van der Waals surface area contributed by atoms with Gasteiger partial charge in [0, 0.05) is 36.1 Å². The van der Waals surface area contributed by atoms with Crippen LogP contribution >= 0.6 is 22.9 Å². The summed E-state index contributed by atoms with van der Waals surface area (Å²) < 4.78 is 32.1. The van der Waals surface area contributed by atoms with Gasteiger partial charge >= 0.3 is 5.97 Å². The minimum Gasteiger partial charge on any atom is -0.465 e. The van der Waals surface area contributed by atoms with E-state index in [1.165, 1.54) is 34.9 Å². The van der Waals surface area contributed by atoms with Gasteiger partial charge in [0.2, 0.25) is 15.9 Å². The van der Waals surface area contributed by atoms with Crippen LogP contribution in [0.4, 0.5) is 5.00 Å². The number of esters is 1. The molecule has 4 rings (SSSR count). The first kappa shape index (κ1) is 25.1. The molecule has 34 heavy (non-hydrogen) atoms. The molecule has 1 N–H and O–H groups in total. The Labute approximate surface area is 208 Å². The second-order valence-electron chi connectivity index (χ2n) is 8.73. The van der Waals surface area contributed by atoms with E-state index in [-0.39, 0.29) is 30.4 Å². The number of carbonyl (C=O) groups excluding carboxylic acids is 2. The molecule has 1 aliphatic heterocycles. The number of thiophene rings is 1. The highest BCUT2D eigenvalue weighted by Crippen LogP contribution is 2.40. The fourth-order valence-corrected chi connectivity index (χ4v) is 7.37. The Morgan fingerprint density at radius 1 is 1.18 bits per heavy atom. The van der Waals surface area contributed by atoms with Crippen LogP contribution in [-0.2, 0) is 32.4 Å². The van der Waals surface area contributed by atoms with Crippen molar-refractivity contribution >= 4 is 49.8 Å². The van der Waals surface area contributed by atoms with E-state index in [4.69, 9.17) is 16.3 Å². The maximum absolute atomic E-state index is 12.9. The van der Waals surface area contributed by atoms with Crippen molar-refractivity contribution in [3.05, 3.63) is 45.3 Å². The third-order valence-electron chi connectivity index (χ3n) is 6.30. The topological polar surface area (TPSA) is 96.0 Å². The molecule has 1 fully saturated rings. The number of amides is 1. The van der Waals surface area contributed by atoms with Gasteiger partial charge in [0.15, 0.2) is 0 Å². The number of sulfonamides is 1. The van der Waals surface area contributed by atoms with E-state index in [0.717, 1.165) is 29.7 Å². The first-order valence-electron chi connectivity index (χ1n) is 11.2. The van der Waals surface area contributed by atoms with Gasteiger partial charge < -0.3 is 10.1 Å². The predicted molar refractivity (Wildman–Crippen MR) is 132 cm³/mol. The number of ether oxygens (including phenoxy) is 1. The lowest BCUT2D eigenvalue weighted by molar-refractivity contribution is -0.117.